The van der Waals surface area contributed by atoms with Crippen LogP contribution in [0.2, 0.25) is 0 Å². The summed E-state index contributed by atoms with van der Waals surface area (Å²) in [6, 6.07) is 22.8. The largest absolute Gasteiger partial charge is 0.380 e. The monoisotopic (exact) mass is 731 g/mol. The molecule has 1 heterocycles. The Kier molecular flexibility index (Phi) is 13.6. The zero-order valence-corrected chi connectivity index (χ0v) is 31.5. The predicted octanol–water partition coefficient (Wildman–Crippen LogP) is 4.59. The van der Waals surface area contributed by atoms with Gasteiger partial charge in [-0.25, -0.2) is 0 Å². The average Bonchev–Trinajstić information content (AvgIpc) is 3.14. The van der Waals surface area contributed by atoms with Crippen molar-refractivity contribution in [1.82, 2.24) is 14.7 Å². The van der Waals surface area contributed by atoms with Crippen LogP contribution in [0.1, 0.15) is 37.7 Å². The molecule has 272 valence electrons. The standard InChI is InChI=1S/C37H50BN7O4S2/c1-43(2)20-17-29(27-50-31-10-5-4-6-11-31)40-34-14-13-32(25-35(34)41-46)51(47,48)42-36(39)45-23-21-44(22-24-45)30-15-18-37(49-3,19-16-30)26-28-9-7-8-12-33(28)38/h4-14,25,29-30,40H,15-24,26-27H2,1-3H3,(H2,39,42)/t29-,30?,37?/m1/s1. The third-order valence-corrected chi connectivity index (χ3v) is 12.5. The van der Waals surface area contributed by atoms with Crippen molar-refractivity contribution in [2.75, 3.05) is 65.0 Å². The van der Waals surface area contributed by atoms with Crippen LogP contribution < -0.4 is 16.5 Å². The number of guanidine groups is 1. The van der Waals surface area contributed by atoms with Gasteiger partial charge in [-0.05, 0) is 88.3 Å². The highest BCUT2D eigenvalue weighted by Crippen LogP contribution is 2.36. The quantitative estimate of drug-likeness (QED) is 0.0752. The minimum atomic E-state index is -4.19. The maximum absolute atomic E-state index is 13.4. The van der Waals surface area contributed by atoms with Gasteiger partial charge in [0.1, 0.15) is 13.5 Å². The van der Waals surface area contributed by atoms with E-state index in [-0.39, 0.29) is 28.2 Å². The van der Waals surface area contributed by atoms with Crippen LogP contribution in [0.5, 0.6) is 0 Å². The smallest absolute Gasteiger partial charge is 0.285 e. The number of piperazine rings is 1. The summed E-state index contributed by atoms with van der Waals surface area (Å²) in [7, 11) is 7.87. The summed E-state index contributed by atoms with van der Waals surface area (Å²) >= 11 is 1.72. The topological polar surface area (TPSA) is 133 Å². The summed E-state index contributed by atoms with van der Waals surface area (Å²) in [5, 5.41) is 6.59. The molecular formula is C37H50BN7O4S2. The van der Waals surface area contributed by atoms with Crippen LogP contribution in [0.15, 0.2) is 92.2 Å². The first kappa shape index (κ1) is 38.8. The van der Waals surface area contributed by atoms with Crippen molar-refractivity contribution in [3.05, 3.63) is 83.3 Å². The minimum Gasteiger partial charge on any atom is -0.380 e. The molecular weight excluding hydrogens is 681 g/mol. The van der Waals surface area contributed by atoms with E-state index in [1.54, 1.807) is 24.9 Å². The summed E-state index contributed by atoms with van der Waals surface area (Å²) in [6.45, 7) is 3.48. The summed E-state index contributed by atoms with van der Waals surface area (Å²) in [6.07, 6.45) is 5.53. The number of benzene rings is 3. The third-order valence-electron chi connectivity index (χ3n) is 10.1. The molecule has 0 amide bonds. The van der Waals surface area contributed by atoms with Gasteiger partial charge in [-0.3, -0.25) is 4.90 Å². The molecule has 1 saturated carbocycles. The van der Waals surface area contributed by atoms with Crippen molar-refractivity contribution in [1.29, 1.82) is 0 Å². The van der Waals surface area contributed by atoms with Crippen LogP contribution in [-0.4, -0.2) is 114 Å². The van der Waals surface area contributed by atoms with Gasteiger partial charge in [-0.1, -0.05) is 53.5 Å². The average molecular weight is 732 g/mol. The molecule has 0 unspecified atom stereocenters. The molecule has 51 heavy (non-hydrogen) atoms. The van der Waals surface area contributed by atoms with E-state index >= 15 is 0 Å². The number of anilines is 1. The van der Waals surface area contributed by atoms with Crippen LogP contribution in [0, 0.1) is 4.91 Å². The summed E-state index contributed by atoms with van der Waals surface area (Å²) < 4.78 is 36.8. The number of nitrogens with zero attached hydrogens (tertiary/aromatic N) is 5. The predicted molar refractivity (Wildman–Crippen MR) is 209 cm³/mol. The number of hydrogen-bond acceptors (Lipinski definition) is 9. The first-order chi connectivity index (χ1) is 24.5. The van der Waals surface area contributed by atoms with E-state index in [2.05, 4.69) is 42.9 Å². The second-order valence-corrected chi connectivity index (χ2v) is 16.5. The lowest BCUT2D eigenvalue weighted by Gasteiger charge is -2.45. The zero-order chi connectivity index (χ0) is 36.4. The van der Waals surface area contributed by atoms with Crippen LogP contribution in [0.4, 0.5) is 11.4 Å². The highest BCUT2D eigenvalue weighted by molar-refractivity contribution is 7.99. The summed E-state index contributed by atoms with van der Waals surface area (Å²) in [5.74, 6) is 0.699. The van der Waals surface area contributed by atoms with Gasteiger partial charge in [-0.2, -0.15) is 8.42 Å². The van der Waals surface area contributed by atoms with Crippen LogP contribution in [-0.2, 0) is 21.2 Å². The maximum atomic E-state index is 13.4. The summed E-state index contributed by atoms with van der Waals surface area (Å²) in [4.78, 5) is 19.3. The van der Waals surface area contributed by atoms with Crippen LogP contribution in [0.3, 0.4) is 0 Å². The van der Waals surface area contributed by atoms with Gasteiger partial charge < -0.3 is 25.6 Å². The van der Waals surface area contributed by atoms with Gasteiger partial charge in [0.2, 0.25) is 5.96 Å². The molecule has 1 aliphatic carbocycles. The van der Waals surface area contributed by atoms with E-state index in [0.717, 1.165) is 79.8 Å². The number of methoxy groups -OCH3 is 1. The second kappa shape index (κ2) is 17.9. The molecule has 3 aromatic rings. The lowest BCUT2D eigenvalue weighted by molar-refractivity contribution is -0.0574. The fourth-order valence-corrected chi connectivity index (χ4v) is 8.91. The van der Waals surface area contributed by atoms with Gasteiger partial charge in [0.25, 0.3) is 10.0 Å². The molecule has 1 atom stereocenters. The van der Waals surface area contributed by atoms with Crippen molar-refractivity contribution >= 4 is 52.4 Å². The van der Waals surface area contributed by atoms with Crippen molar-refractivity contribution in [3.8, 4) is 0 Å². The van der Waals surface area contributed by atoms with E-state index in [1.165, 1.54) is 12.1 Å². The van der Waals surface area contributed by atoms with Crippen LogP contribution in [0.25, 0.3) is 0 Å². The van der Waals surface area contributed by atoms with Crippen molar-refractivity contribution in [2.45, 2.75) is 66.0 Å². The Balaban J connectivity index is 1.17. The SMILES string of the molecule is [B]c1ccccc1CC1(OC)CCC(N2CCN(C(N)=NS(=O)(=O)c3ccc(N[C@H](CCN(C)C)CSc4ccccc4)c(N=O)c3)CC2)CC1. The van der Waals surface area contributed by atoms with Crippen LogP contribution >= 0.6 is 11.8 Å². The Morgan fingerprint density at radius 1 is 1.06 bits per heavy atom. The molecule has 14 heteroatoms. The third kappa shape index (κ3) is 10.6. The molecule has 2 aliphatic rings. The van der Waals surface area contributed by atoms with E-state index in [1.807, 2.05) is 55.4 Å². The summed E-state index contributed by atoms with van der Waals surface area (Å²) in [5.41, 5.74) is 8.48. The van der Waals surface area contributed by atoms with Gasteiger partial charge in [0, 0.05) is 62.4 Å². The number of thioether (sulfide) groups is 1. The van der Waals surface area contributed by atoms with Crippen molar-refractivity contribution < 1.29 is 13.2 Å². The Hall–Kier alpha value is -3.43. The fraction of sp³-hybridized carbons (Fsp3) is 0.486. The van der Waals surface area contributed by atoms with E-state index in [4.69, 9.17) is 18.3 Å². The number of sulfonamides is 1. The molecule has 1 saturated heterocycles. The molecule has 2 fully saturated rings. The molecule has 2 radical (unpaired) electrons. The highest BCUT2D eigenvalue weighted by atomic mass is 32.2. The molecule has 5 rings (SSSR count). The number of nitroso groups, excluding NO2 is 1. The van der Waals surface area contributed by atoms with Crippen molar-refractivity contribution in [3.63, 3.8) is 0 Å². The molecule has 3 N–H and O–H groups in total. The number of rotatable bonds is 15. The molecule has 1 aliphatic heterocycles. The zero-order valence-electron chi connectivity index (χ0n) is 29.9. The molecule has 0 aromatic heterocycles. The molecule has 0 bridgehead atoms. The number of hydrogen-bond donors (Lipinski definition) is 2. The van der Waals surface area contributed by atoms with E-state index in [0.29, 0.717) is 24.8 Å². The highest BCUT2D eigenvalue weighted by Gasteiger charge is 2.38. The molecule has 11 nitrogen and oxygen atoms in total. The minimum absolute atomic E-state index is 0.00948. The maximum Gasteiger partial charge on any atom is 0.285 e. The molecule has 3 aromatic carbocycles. The Morgan fingerprint density at radius 2 is 1.75 bits per heavy atom. The lowest BCUT2D eigenvalue weighted by Crippen LogP contribution is -2.55. The van der Waals surface area contributed by atoms with Crippen molar-refractivity contribution in [2.24, 2.45) is 15.3 Å². The van der Waals surface area contributed by atoms with E-state index in [9.17, 15) is 13.3 Å². The van der Waals surface area contributed by atoms with Gasteiger partial charge in [0.05, 0.1) is 16.2 Å². The Labute approximate surface area is 308 Å². The first-order valence-corrected chi connectivity index (χ1v) is 20.0. The molecule has 0 spiro atoms. The second-order valence-electron chi connectivity index (χ2n) is 13.8. The van der Waals surface area contributed by atoms with E-state index < -0.39 is 10.0 Å². The Morgan fingerprint density at radius 3 is 2.39 bits per heavy atom. The number of ether oxygens (including phenoxy) is 1. The first-order valence-electron chi connectivity index (χ1n) is 17.6. The van der Waals surface area contributed by atoms with Gasteiger partial charge in [-0.15, -0.1) is 21.1 Å². The fourth-order valence-electron chi connectivity index (χ4n) is 6.95. The number of nitrogens with one attached hydrogen (secondary N) is 1. The van der Waals surface area contributed by atoms with Gasteiger partial charge >= 0.3 is 0 Å². The van der Waals surface area contributed by atoms with Gasteiger partial charge in [0.15, 0.2) is 0 Å². The lowest BCUT2D eigenvalue weighted by atomic mass is 9.75. The Bertz CT molecular complexity index is 1730. The number of nitrogens with two attached hydrogens (primary N) is 1. The normalized spacial score (nSPS) is 21.1.